The Bertz CT molecular complexity index is 793. The minimum Gasteiger partial charge on any atom is -0.379 e. The molecular weight excluding hydrogens is 375 g/mol. The molecule has 7 nitrogen and oxygen atoms in total. The van der Waals surface area contributed by atoms with Crippen molar-refractivity contribution < 1.29 is 22.7 Å². The van der Waals surface area contributed by atoms with E-state index in [9.17, 15) is 18.0 Å². The van der Waals surface area contributed by atoms with Gasteiger partial charge in [0.1, 0.15) is 11.5 Å². The van der Waals surface area contributed by atoms with Crippen molar-refractivity contribution >= 4 is 17.4 Å². The Labute approximate surface area is 159 Å². The predicted octanol–water partition coefficient (Wildman–Crippen LogP) is 2.30. The van der Waals surface area contributed by atoms with Gasteiger partial charge in [0.25, 0.3) is 5.91 Å². The fraction of sp³-hybridized carbons (Fsp3) is 0.389. The van der Waals surface area contributed by atoms with E-state index in [-0.39, 0.29) is 23.1 Å². The summed E-state index contributed by atoms with van der Waals surface area (Å²) in [5.41, 5.74) is -0.842. The average Bonchev–Trinajstić information content (AvgIpc) is 2.69. The van der Waals surface area contributed by atoms with Crippen LogP contribution in [0, 0.1) is 0 Å². The number of nitrogens with zero attached hydrogens (tertiary/aromatic N) is 3. The number of nitrogens with one attached hydrogen (secondary N) is 2. The van der Waals surface area contributed by atoms with E-state index >= 15 is 0 Å². The number of carbonyl (C=O) groups excluding carboxylic acids is 1. The first-order valence-corrected chi connectivity index (χ1v) is 8.77. The number of amides is 1. The van der Waals surface area contributed by atoms with E-state index in [1.807, 2.05) is 0 Å². The molecule has 0 radical (unpaired) electrons. The van der Waals surface area contributed by atoms with Crippen LogP contribution in [-0.4, -0.2) is 60.2 Å². The quantitative estimate of drug-likeness (QED) is 0.782. The summed E-state index contributed by atoms with van der Waals surface area (Å²) < 4.78 is 44.4. The lowest BCUT2D eigenvalue weighted by molar-refractivity contribution is -0.136. The van der Waals surface area contributed by atoms with E-state index in [0.29, 0.717) is 26.3 Å². The normalized spacial score (nSPS) is 15.2. The van der Waals surface area contributed by atoms with Crippen molar-refractivity contribution in [3.63, 3.8) is 0 Å². The molecule has 0 atom stereocenters. The summed E-state index contributed by atoms with van der Waals surface area (Å²) in [5, 5.41) is 5.34. The van der Waals surface area contributed by atoms with Crippen molar-refractivity contribution in [2.24, 2.45) is 0 Å². The molecular formula is C18H20F3N5O2. The van der Waals surface area contributed by atoms with E-state index < -0.39 is 11.7 Å². The van der Waals surface area contributed by atoms with Gasteiger partial charge in [0.15, 0.2) is 0 Å². The molecule has 0 spiro atoms. The van der Waals surface area contributed by atoms with E-state index in [2.05, 4.69) is 25.5 Å². The zero-order chi connectivity index (χ0) is 20.0. The Hall–Kier alpha value is -2.72. The molecule has 2 heterocycles. The molecule has 1 aromatic carbocycles. The van der Waals surface area contributed by atoms with E-state index in [4.69, 9.17) is 4.74 Å². The van der Waals surface area contributed by atoms with E-state index in [0.717, 1.165) is 19.2 Å². The molecule has 0 unspecified atom stereocenters. The number of benzene rings is 1. The number of para-hydroxylation sites is 1. The van der Waals surface area contributed by atoms with Gasteiger partial charge in [-0.25, -0.2) is 9.97 Å². The van der Waals surface area contributed by atoms with Crippen LogP contribution in [0.2, 0.25) is 0 Å². The highest BCUT2D eigenvalue weighted by molar-refractivity contribution is 5.92. The number of morpholine rings is 1. The number of carbonyl (C=O) groups is 1. The highest BCUT2D eigenvalue weighted by atomic mass is 19.4. The van der Waals surface area contributed by atoms with Gasteiger partial charge in [-0.05, 0) is 12.1 Å². The maximum atomic E-state index is 13.0. The molecule has 0 bridgehead atoms. The number of alkyl halides is 3. The van der Waals surface area contributed by atoms with Crippen LogP contribution in [0.15, 0.2) is 36.7 Å². The molecule has 1 saturated heterocycles. The Morgan fingerprint density at radius 3 is 2.57 bits per heavy atom. The number of hydrogen-bond acceptors (Lipinski definition) is 6. The standard InChI is InChI=1S/C18H20F3N5O2/c19-18(20,21)13-3-1-2-4-14(13)25-16-12-23-15(11-24-16)17(27)22-5-6-26-7-9-28-10-8-26/h1-4,11-12H,5-10H2,(H,22,27)(H,24,25). The van der Waals surface area contributed by atoms with Crippen molar-refractivity contribution in [1.82, 2.24) is 20.2 Å². The Morgan fingerprint density at radius 1 is 1.14 bits per heavy atom. The summed E-state index contributed by atoms with van der Waals surface area (Å²) in [6.07, 6.45) is -2.04. The maximum Gasteiger partial charge on any atom is 0.418 e. The summed E-state index contributed by atoms with van der Waals surface area (Å²) in [7, 11) is 0. The average molecular weight is 395 g/mol. The first-order valence-electron chi connectivity index (χ1n) is 8.77. The largest absolute Gasteiger partial charge is 0.418 e. The third-order valence-electron chi connectivity index (χ3n) is 4.20. The minimum absolute atomic E-state index is 0.0941. The minimum atomic E-state index is -4.49. The molecule has 10 heteroatoms. The van der Waals surface area contributed by atoms with Crippen LogP contribution in [-0.2, 0) is 10.9 Å². The molecule has 3 rings (SSSR count). The fourth-order valence-electron chi connectivity index (χ4n) is 2.73. The molecule has 1 fully saturated rings. The zero-order valence-electron chi connectivity index (χ0n) is 15.0. The molecule has 0 aliphatic carbocycles. The second-order valence-corrected chi connectivity index (χ2v) is 6.17. The van der Waals surface area contributed by atoms with Crippen LogP contribution < -0.4 is 10.6 Å². The summed E-state index contributed by atoms with van der Waals surface area (Å²) >= 11 is 0. The molecule has 150 valence electrons. The number of anilines is 2. The van der Waals surface area contributed by atoms with Crippen molar-refractivity contribution in [2.45, 2.75) is 6.18 Å². The highest BCUT2D eigenvalue weighted by Crippen LogP contribution is 2.35. The lowest BCUT2D eigenvalue weighted by Crippen LogP contribution is -2.41. The van der Waals surface area contributed by atoms with Crippen molar-refractivity contribution in [3.8, 4) is 0 Å². The molecule has 1 aromatic heterocycles. The summed E-state index contributed by atoms with van der Waals surface area (Å²) in [6.45, 7) is 4.19. The molecule has 1 aliphatic rings. The highest BCUT2D eigenvalue weighted by Gasteiger charge is 2.33. The van der Waals surface area contributed by atoms with Crippen LogP contribution in [0.4, 0.5) is 24.7 Å². The van der Waals surface area contributed by atoms with E-state index in [1.165, 1.54) is 30.6 Å². The summed E-state index contributed by atoms with van der Waals surface area (Å²) in [4.78, 5) is 22.3. The molecule has 1 aliphatic heterocycles. The smallest absolute Gasteiger partial charge is 0.379 e. The molecule has 2 N–H and O–H groups in total. The molecule has 2 aromatic rings. The lowest BCUT2D eigenvalue weighted by Gasteiger charge is -2.26. The van der Waals surface area contributed by atoms with Gasteiger partial charge in [-0.3, -0.25) is 9.69 Å². The van der Waals surface area contributed by atoms with Crippen LogP contribution in [0.5, 0.6) is 0 Å². The Morgan fingerprint density at radius 2 is 1.89 bits per heavy atom. The first kappa shape index (κ1) is 20.0. The number of rotatable bonds is 6. The van der Waals surface area contributed by atoms with Crippen LogP contribution in [0.25, 0.3) is 0 Å². The van der Waals surface area contributed by atoms with Crippen LogP contribution in [0.3, 0.4) is 0 Å². The van der Waals surface area contributed by atoms with Gasteiger partial charge in [-0.2, -0.15) is 13.2 Å². The number of ether oxygens (including phenoxy) is 1. The molecule has 0 saturated carbocycles. The number of aromatic nitrogens is 2. The monoisotopic (exact) mass is 395 g/mol. The van der Waals surface area contributed by atoms with Crippen LogP contribution in [0.1, 0.15) is 16.1 Å². The van der Waals surface area contributed by atoms with Crippen molar-refractivity contribution in [3.05, 3.63) is 47.9 Å². The van der Waals surface area contributed by atoms with Gasteiger partial charge in [-0.15, -0.1) is 0 Å². The zero-order valence-corrected chi connectivity index (χ0v) is 15.0. The molecule has 1 amide bonds. The van der Waals surface area contributed by atoms with Gasteiger partial charge in [0, 0.05) is 26.2 Å². The summed E-state index contributed by atoms with van der Waals surface area (Å²) in [6, 6.07) is 5.08. The first-order chi connectivity index (χ1) is 13.4. The second kappa shape index (κ2) is 8.98. The van der Waals surface area contributed by atoms with Gasteiger partial charge in [0.05, 0.1) is 36.9 Å². The second-order valence-electron chi connectivity index (χ2n) is 6.17. The van der Waals surface area contributed by atoms with E-state index in [1.54, 1.807) is 0 Å². The van der Waals surface area contributed by atoms with Gasteiger partial charge >= 0.3 is 6.18 Å². The van der Waals surface area contributed by atoms with Crippen molar-refractivity contribution in [1.29, 1.82) is 0 Å². The maximum absolute atomic E-state index is 13.0. The van der Waals surface area contributed by atoms with Gasteiger partial charge in [-0.1, -0.05) is 12.1 Å². The Balaban J connectivity index is 1.55. The topological polar surface area (TPSA) is 79.4 Å². The van der Waals surface area contributed by atoms with Crippen LogP contribution >= 0.6 is 0 Å². The van der Waals surface area contributed by atoms with Gasteiger partial charge in [0.2, 0.25) is 0 Å². The third kappa shape index (κ3) is 5.40. The molecule has 28 heavy (non-hydrogen) atoms. The fourth-order valence-corrected chi connectivity index (χ4v) is 2.73. The SMILES string of the molecule is O=C(NCCN1CCOCC1)c1cnc(Nc2ccccc2C(F)(F)F)cn1. The predicted molar refractivity (Wildman–Crippen MR) is 96.4 cm³/mol. The number of hydrogen-bond donors (Lipinski definition) is 2. The van der Waals surface area contributed by atoms with Crippen molar-refractivity contribution in [2.75, 3.05) is 44.7 Å². The Kier molecular flexibility index (Phi) is 6.42. The lowest BCUT2D eigenvalue weighted by atomic mass is 10.1. The third-order valence-corrected chi connectivity index (χ3v) is 4.20. The van der Waals surface area contributed by atoms with Gasteiger partial charge < -0.3 is 15.4 Å². The number of halogens is 3. The summed E-state index contributed by atoms with van der Waals surface area (Å²) in [5.74, 6) is -0.274.